The van der Waals surface area contributed by atoms with Crippen molar-refractivity contribution in [3.63, 3.8) is 0 Å². The Bertz CT molecular complexity index is 1690. The van der Waals surface area contributed by atoms with E-state index in [1.807, 2.05) is 41.0 Å². The van der Waals surface area contributed by atoms with Gasteiger partial charge in [-0.2, -0.15) is 0 Å². The monoisotopic (exact) mass is 510 g/mol. The van der Waals surface area contributed by atoms with Crippen LogP contribution in [0.25, 0.3) is 11.8 Å². The van der Waals surface area contributed by atoms with E-state index >= 15 is 0 Å². The molecular weight excluding hydrogens is 484 g/mol. The van der Waals surface area contributed by atoms with Crippen LogP contribution in [-0.4, -0.2) is 25.9 Å². The van der Waals surface area contributed by atoms with Gasteiger partial charge in [-0.3, -0.25) is 9.36 Å². The predicted octanol–water partition coefficient (Wildman–Crippen LogP) is 4.34. The van der Waals surface area contributed by atoms with Gasteiger partial charge in [0.2, 0.25) is 5.75 Å². The third-order valence-corrected chi connectivity index (χ3v) is 7.96. The number of fused-ring (bicyclic) bond motifs is 3. The van der Waals surface area contributed by atoms with Crippen LogP contribution < -0.4 is 29.1 Å². The standard InChI is InChI=1S/C30H26N2O4S/c1-34-23-15-18(16-24(35-2)28(23)36-3)17-25-29(33)32-27(20-10-5-4-6-11-20)22-14-13-19-9-7-8-12-21(19)26(22)31-30(32)37-25/h4-12,15-17,27H,13-14H2,1-3H3. The molecule has 6 nitrogen and oxygen atoms in total. The number of aryl methyl sites for hydroxylation is 1. The summed E-state index contributed by atoms with van der Waals surface area (Å²) in [5.74, 6) is 1.59. The molecule has 186 valence electrons. The molecule has 2 heterocycles. The maximum atomic E-state index is 13.9. The van der Waals surface area contributed by atoms with Gasteiger partial charge < -0.3 is 14.2 Å². The summed E-state index contributed by atoms with van der Waals surface area (Å²) in [6, 6.07) is 22.2. The highest BCUT2D eigenvalue weighted by molar-refractivity contribution is 7.07. The Morgan fingerprint density at radius 1 is 0.919 bits per heavy atom. The Kier molecular flexibility index (Phi) is 5.93. The van der Waals surface area contributed by atoms with Gasteiger partial charge in [0.25, 0.3) is 5.56 Å². The quantitative estimate of drug-likeness (QED) is 0.401. The van der Waals surface area contributed by atoms with Crippen molar-refractivity contribution >= 4 is 23.1 Å². The third-order valence-electron chi connectivity index (χ3n) is 6.97. The zero-order valence-corrected chi connectivity index (χ0v) is 21.7. The summed E-state index contributed by atoms with van der Waals surface area (Å²) in [4.78, 5) is 19.7. The molecule has 0 bridgehead atoms. The van der Waals surface area contributed by atoms with Crippen molar-refractivity contribution in [1.29, 1.82) is 0 Å². The van der Waals surface area contributed by atoms with Crippen molar-refractivity contribution < 1.29 is 14.2 Å². The minimum atomic E-state index is -0.192. The fourth-order valence-corrected chi connectivity index (χ4v) is 6.29. The van der Waals surface area contributed by atoms with Crippen molar-refractivity contribution in [2.24, 2.45) is 4.99 Å². The maximum Gasteiger partial charge on any atom is 0.271 e. The molecule has 0 fully saturated rings. The van der Waals surface area contributed by atoms with Gasteiger partial charge in [0.15, 0.2) is 16.3 Å². The SMILES string of the molecule is COc1cc(C=c2sc3n(c2=O)C(c2ccccc2)C2=C(N=3)c3ccccc3CC2)cc(OC)c1OC. The zero-order valence-electron chi connectivity index (χ0n) is 20.9. The number of nitrogens with zero attached hydrogens (tertiary/aromatic N) is 2. The number of hydrogen-bond acceptors (Lipinski definition) is 6. The Balaban J connectivity index is 1.59. The fourth-order valence-electron chi connectivity index (χ4n) is 5.29. The normalized spacial score (nSPS) is 16.4. The van der Waals surface area contributed by atoms with E-state index in [0.717, 1.165) is 35.2 Å². The second-order valence-electron chi connectivity index (χ2n) is 8.98. The Labute approximate surface area is 218 Å². The van der Waals surface area contributed by atoms with Crippen LogP contribution in [0.2, 0.25) is 0 Å². The molecule has 1 atom stereocenters. The van der Waals surface area contributed by atoms with Crippen molar-refractivity contribution in [2.75, 3.05) is 21.3 Å². The predicted molar refractivity (Wildman–Crippen MR) is 145 cm³/mol. The van der Waals surface area contributed by atoms with Crippen LogP contribution in [0, 0.1) is 0 Å². The van der Waals surface area contributed by atoms with Crippen LogP contribution in [-0.2, 0) is 6.42 Å². The van der Waals surface area contributed by atoms with Crippen molar-refractivity contribution in [3.05, 3.63) is 114 Å². The largest absolute Gasteiger partial charge is 0.493 e. The molecule has 0 N–H and O–H groups in total. The van der Waals surface area contributed by atoms with Gasteiger partial charge in [0, 0.05) is 5.56 Å². The summed E-state index contributed by atoms with van der Waals surface area (Å²) < 4.78 is 18.9. The van der Waals surface area contributed by atoms with Crippen LogP contribution in [0.15, 0.2) is 82.1 Å². The summed E-state index contributed by atoms with van der Waals surface area (Å²) in [6.45, 7) is 0. The van der Waals surface area contributed by atoms with Crippen molar-refractivity contribution in [1.82, 2.24) is 4.57 Å². The van der Waals surface area contributed by atoms with Crippen LogP contribution in [0.4, 0.5) is 0 Å². The second kappa shape index (κ2) is 9.41. The van der Waals surface area contributed by atoms with Crippen LogP contribution in [0.5, 0.6) is 17.2 Å². The molecule has 1 aliphatic heterocycles. The number of thiazole rings is 1. The summed E-state index contributed by atoms with van der Waals surface area (Å²) in [5, 5.41) is 0. The summed E-state index contributed by atoms with van der Waals surface area (Å²) in [7, 11) is 4.73. The van der Waals surface area contributed by atoms with Gasteiger partial charge in [0.1, 0.15) is 0 Å². The molecule has 6 rings (SSSR count). The Morgan fingerprint density at radius 2 is 1.62 bits per heavy atom. The third kappa shape index (κ3) is 3.86. The van der Waals surface area contributed by atoms with Crippen LogP contribution in [0.3, 0.4) is 0 Å². The topological polar surface area (TPSA) is 62.1 Å². The summed E-state index contributed by atoms with van der Waals surface area (Å²) in [6.07, 6.45) is 3.67. The first-order chi connectivity index (χ1) is 18.1. The van der Waals surface area contributed by atoms with E-state index in [1.165, 1.54) is 22.5 Å². The second-order valence-corrected chi connectivity index (χ2v) is 9.99. The number of methoxy groups -OCH3 is 3. The molecule has 0 amide bonds. The van der Waals surface area contributed by atoms with Gasteiger partial charge in [-0.1, -0.05) is 65.9 Å². The van der Waals surface area contributed by atoms with Crippen molar-refractivity contribution in [2.45, 2.75) is 18.9 Å². The molecule has 3 aromatic carbocycles. The molecular formula is C30H26N2O4S. The molecule has 0 saturated carbocycles. The molecule has 2 aliphatic rings. The van der Waals surface area contributed by atoms with Gasteiger partial charge in [-0.05, 0) is 53.3 Å². The zero-order chi connectivity index (χ0) is 25.5. The molecule has 1 aromatic heterocycles. The average Bonchev–Trinajstić information content (AvgIpc) is 3.25. The number of hydrogen-bond donors (Lipinski definition) is 0. The highest BCUT2D eigenvalue weighted by Gasteiger charge is 2.32. The molecule has 0 radical (unpaired) electrons. The first-order valence-corrected chi connectivity index (χ1v) is 12.9. The lowest BCUT2D eigenvalue weighted by molar-refractivity contribution is 0.324. The number of allylic oxidation sites excluding steroid dienone is 1. The lowest BCUT2D eigenvalue weighted by Crippen LogP contribution is -2.38. The minimum Gasteiger partial charge on any atom is -0.493 e. The summed E-state index contributed by atoms with van der Waals surface area (Å²) in [5.41, 5.74) is 6.46. The molecule has 1 aliphatic carbocycles. The van der Waals surface area contributed by atoms with E-state index in [2.05, 4.69) is 36.4 Å². The van der Waals surface area contributed by atoms with E-state index in [1.54, 1.807) is 21.3 Å². The van der Waals surface area contributed by atoms with E-state index in [9.17, 15) is 4.79 Å². The number of benzene rings is 3. The van der Waals surface area contributed by atoms with Gasteiger partial charge >= 0.3 is 0 Å². The molecule has 7 heteroatoms. The lowest BCUT2D eigenvalue weighted by Gasteiger charge is -2.30. The van der Waals surface area contributed by atoms with Crippen molar-refractivity contribution in [3.8, 4) is 17.2 Å². The number of rotatable bonds is 5. The summed E-state index contributed by atoms with van der Waals surface area (Å²) >= 11 is 1.40. The van der Waals surface area contributed by atoms with E-state index in [0.29, 0.717) is 26.6 Å². The molecule has 4 aromatic rings. The highest BCUT2D eigenvalue weighted by Crippen LogP contribution is 2.41. The molecule has 1 unspecified atom stereocenters. The average molecular weight is 511 g/mol. The van der Waals surface area contributed by atoms with E-state index in [-0.39, 0.29) is 11.6 Å². The fraction of sp³-hybridized carbons (Fsp3) is 0.200. The smallest absolute Gasteiger partial charge is 0.271 e. The van der Waals surface area contributed by atoms with E-state index in [4.69, 9.17) is 19.2 Å². The van der Waals surface area contributed by atoms with Gasteiger partial charge in [-0.15, -0.1) is 0 Å². The molecule has 0 saturated heterocycles. The molecule has 0 spiro atoms. The minimum absolute atomic E-state index is 0.0586. The lowest BCUT2D eigenvalue weighted by atomic mass is 9.83. The molecule has 37 heavy (non-hydrogen) atoms. The maximum absolute atomic E-state index is 13.9. The number of aromatic nitrogens is 1. The van der Waals surface area contributed by atoms with Gasteiger partial charge in [0.05, 0.1) is 37.6 Å². The highest BCUT2D eigenvalue weighted by atomic mass is 32.1. The first kappa shape index (κ1) is 23.3. The van der Waals surface area contributed by atoms with Gasteiger partial charge in [-0.25, -0.2) is 4.99 Å². The Hall–Kier alpha value is -4.10. The van der Waals surface area contributed by atoms with Crippen LogP contribution >= 0.6 is 11.3 Å². The van der Waals surface area contributed by atoms with E-state index < -0.39 is 0 Å². The first-order valence-electron chi connectivity index (χ1n) is 12.1. The Morgan fingerprint density at radius 3 is 2.32 bits per heavy atom. The number of ether oxygens (including phenoxy) is 3. The van der Waals surface area contributed by atoms with Crippen LogP contribution in [0.1, 0.15) is 34.7 Å².